The zero-order valence-electron chi connectivity index (χ0n) is 12.4. The van der Waals surface area contributed by atoms with Gasteiger partial charge in [-0.15, -0.1) is 0 Å². The molecule has 6 nitrogen and oxygen atoms in total. The fraction of sp³-hybridized carbons (Fsp3) is 0.235. The number of rotatable bonds is 2. The summed E-state index contributed by atoms with van der Waals surface area (Å²) < 4.78 is 4.95. The molecule has 6 heteroatoms. The molecule has 0 unspecified atom stereocenters. The van der Waals surface area contributed by atoms with Crippen LogP contribution in [0.5, 0.6) is 0 Å². The molecule has 2 aromatic rings. The average Bonchev–Trinajstić information content (AvgIpc) is 3.15. The highest BCUT2D eigenvalue weighted by atomic mass is 16.3. The van der Waals surface area contributed by atoms with Gasteiger partial charge in [0.25, 0.3) is 5.91 Å². The van der Waals surface area contributed by atoms with Crippen LogP contribution in [-0.2, 0) is 0 Å². The van der Waals surface area contributed by atoms with Gasteiger partial charge < -0.3 is 14.2 Å². The van der Waals surface area contributed by atoms with E-state index in [0.29, 0.717) is 48.6 Å². The van der Waals surface area contributed by atoms with Gasteiger partial charge in [-0.05, 0) is 18.2 Å². The largest absolute Gasteiger partial charge is 0.472 e. The number of anilines is 1. The van der Waals surface area contributed by atoms with Gasteiger partial charge in [0.2, 0.25) is 0 Å². The molecule has 3 rings (SSSR count). The molecule has 2 heterocycles. The van der Waals surface area contributed by atoms with Crippen molar-refractivity contribution in [2.75, 3.05) is 31.1 Å². The van der Waals surface area contributed by atoms with Crippen molar-refractivity contribution in [3.63, 3.8) is 0 Å². The number of hydrogen-bond acceptors (Lipinski definition) is 5. The van der Waals surface area contributed by atoms with Crippen molar-refractivity contribution < 1.29 is 9.21 Å². The van der Waals surface area contributed by atoms with Gasteiger partial charge >= 0.3 is 0 Å². The first-order valence-corrected chi connectivity index (χ1v) is 7.24. The molecule has 0 spiro atoms. The molecule has 114 valence electrons. The predicted molar refractivity (Wildman–Crippen MR) is 82.7 cm³/mol. The Morgan fingerprint density at radius 2 is 1.70 bits per heavy atom. The number of carbonyl (C=O) groups is 1. The van der Waals surface area contributed by atoms with Crippen LogP contribution in [0.25, 0.3) is 0 Å². The lowest BCUT2D eigenvalue weighted by Crippen LogP contribution is -2.49. The molecule has 0 aliphatic carbocycles. The van der Waals surface area contributed by atoms with E-state index in [9.17, 15) is 15.3 Å². The van der Waals surface area contributed by atoms with Crippen molar-refractivity contribution in [1.29, 1.82) is 10.5 Å². The van der Waals surface area contributed by atoms with Gasteiger partial charge in [0, 0.05) is 26.2 Å². The summed E-state index contributed by atoms with van der Waals surface area (Å²) in [5.74, 6) is -0.0625. The fourth-order valence-corrected chi connectivity index (χ4v) is 2.77. The molecule has 1 aliphatic heterocycles. The minimum atomic E-state index is -0.0625. The predicted octanol–water partition coefficient (Wildman–Crippen LogP) is 1.99. The molecule has 1 aromatic carbocycles. The normalized spacial score (nSPS) is 14.2. The van der Waals surface area contributed by atoms with Crippen LogP contribution in [0.4, 0.5) is 5.69 Å². The lowest BCUT2D eigenvalue weighted by Gasteiger charge is -2.36. The summed E-state index contributed by atoms with van der Waals surface area (Å²) in [5, 5.41) is 18.5. The molecule has 1 fully saturated rings. The maximum atomic E-state index is 12.3. The second-order valence-corrected chi connectivity index (χ2v) is 5.22. The Bertz CT molecular complexity index is 759. The molecule has 0 N–H and O–H groups in total. The smallest absolute Gasteiger partial charge is 0.257 e. The van der Waals surface area contributed by atoms with Gasteiger partial charge in [-0.3, -0.25) is 4.79 Å². The molecule has 1 aromatic heterocycles. The molecule has 0 radical (unpaired) electrons. The number of piperazine rings is 1. The van der Waals surface area contributed by atoms with Crippen molar-refractivity contribution in [3.05, 3.63) is 53.5 Å². The third kappa shape index (κ3) is 2.75. The Balaban J connectivity index is 1.77. The number of benzene rings is 1. The minimum Gasteiger partial charge on any atom is -0.472 e. The average molecular weight is 306 g/mol. The number of furan rings is 1. The SMILES string of the molecule is N#Cc1cccc(C#N)c1N1CCN(C(=O)c2ccoc2)CC1. The Hall–Kier alpha value is -3.25. The van der Waals surface area contributed by atoms with E-state index in [0.717, 1.165) is 0 Å². The highest BCUT2D eigenvalue weighted by Crippen LogP contribution is 2.26. The fourth-order valence-electron chi connectivity index (χ4n) is 2.77. The molecule has 1 amide bonds. The lowest BCUT2D eigenvalue weighted by atomic mass is 10.1. The van der Waals surface area contributed by atoms with E-state index in [-0.39, 0.29) is 5.91 Å². The first-order valence-electron chi connectivity index (χ1n) is 7.24. The van der Waals surface area contributed by atoms with Crippen molar-refractivity contribution in [1.82, 2.24) is 4.90 Å². The minimum absolute atomic E-state index is 0.0625. The zero-order chi connectivity index (χ0) is 16.2. The van der Waals surface area contributed by atoms with Crippen molar-refractivity contribution in [3.8, 4) is 12.1 Å². The van der Waals surface area contributed by atoms with Crippen LogP contribution in [0.15, 0.2) is 41.2 Å². The number of hydrogen-bond donors (Lipinski definition) is 0. The number of nitriles is 2. The van der Waals surface area contributed by atoms with Gasteiger partial charge in [0.05, 0.1) is 28.6 Å². The Morgan fingerprint density at radius 1 is 1.04 bits per heavy atom. The number of carbonyl (C=O) groups excluding carboxylic acids is 1. The van der Waals surface area contributed by atoms with Gasteiger partial charge in [0.1, 0.15) is 18.4 Å². The van der Waals surface area contributed by atoms with Gasteiger partial charge in [0.15, 0.2) is 0 Å². The molecule has 23 heavy (non-hydrogen) atoms. The summed E-state index contributed by atoms with van der Waals surface area (Å²) >= 11 is 0. The van der Waals surface area contributed by atoms with E-state index in [1.807, 2.05) is 4.90 Å². The lowest BCUT2D eigenvalue weighted by molar-refractivity contribution is 0.0746. The van der Waals surface area contributed by atoms with Crippen LogP contribution >= 0.6 is 0 Å². The van der Waals surface area contributed by atoms with Crippen LogP contribution in [0.2, 0.25) is 0 Å². The van der Waals surface area contributed by atoms with Crippen LogP contribution in [-0.4, -0.2) is 37.0 Å². The molecule has 1 saturated heterocycles. The third-order valence-corrected chi connectivity index (χ3v) is 3.93. The second kappa shape index (κ2) is 6.25. The maximum absolute atomic E-state index is 12.3. The Morgan fingerprint density at radius 3 is 2.22 bits per heavy atom. The monoisotopic (exact) mass is 306 g/mol. The molecular formula is C17H14N4O2. The number of nitrogens with zero attached hydrogens (tertiary/aromatic N) is 4. The van der Waals surface area contributed by atoms with Crippen LogP contribution in [0, 0.1) is 22.7 Å². The zero-order valence-corrected chi connectivity index (χ0v) is 12.4. The topological polar surface area (TPSA) is 84.3 Å². The Labute approximate surface area is 133 Å². The summed E-state index contributed by atoms with van der Waals surface area (Å²) in [4.78, 5) is 16.0. The summed E-state index contributed by atoms with van der Waals surface area (Å²) in [7, 11) is 0. The van der Waals surface area contributed by atoms with Crippen LogP contribution in [0.3, 0.4) is 0 Å². The maximum Gasteiger partial charge on any atom is 0.257 e. The standard InChI is InChI=1S/C17H14N4O2/c18-10-13-2-1-3-14(11-19)16(13)20-5-7-21(8-6-20)17(22)15-4-9-23-12-15/h1-4,9,12H,5-8H2. The Kier molecular flexibility index (Phi) is 3.99. The third-order valence-electron chi connectivity index (χ3n) is 3.93. The first-order chi connectivity index (χ1) is 11.2. The van der Waals surface area contributed by atoms with E-state index in [1.54, 1.807) is 29.2 Å². The van der Waals surface area contributed by atoms with E-state index < -0.39 is 0 Å². The second-order valence-electron chi connectivity index (χ2n) is 5.22. The van der Waals surface area contributed by atoms with Crippen LogP contribution < -0.4 is 4.90 Å². The van der Waals surface area contributed by atoms with Crippen LogP contribution in [0.1, 0.15) is 21.5 Å². The number of para-hydroxylation sites is 1. The van der Waals surface area contributed by atoms with E-state index >= 15 is 0 Å². The molecule has 0 bridgehead atoms. The summed E-state index contributed by atoms with van der Waals surface area (Å²) in [5.41, 5.74) is 2.17. The van der Waals surface area contributed by atoms with Crippen molar-refractivity contribution in [2.24, 2.45) is 0 Å². The molecule has 0 atom stereocenters. The highest BCUT2D eigenvalue weighted by Gasteiger charge is 2.25. The van der Waals surface area contributed by atoms with Gasteiger partial charge in [-0.25, -0.2) is 0 Å². The summed E-state index contributed by atoms with van der Waals surface area (Å²) in [6, 6.07) is 11.0. The summed E-state index contributed by atoms with van der Waals surface area (Å²) in [6.07, 6.45) is 2.92. The van der Waals surface area contributed by atoms with Crippen molar-refractivity contribution >= 4 is 11.6 Å². The number of amides is 1. The first kappa shape index (κ1) is 14.7. The van der Waals surface area contributed by atoms with Gasteiger partial charge in [-0.2, -0.15) is 10.5 Å². The van der Waals surface area contributed by atoms with E-state index in [2.05, 4.69) is 12.1 Å². The summed E-state index contributed by atoms with van der Waals surface area (Å²) in [6.45, 7) is 2.23. The van der Waals surface area contributed by atoms with E-state index in [1.165, 1.54) is 12.5 Å². The molecule has 0 saturated carbocycles. The van der Waals surface area contributed by atoms with E-state index in [4.69, 9.17) is 4.42 Å². The van der Waals surface area contributed by atoms with Crippen molar-refractivity contribution in [2.45, 2.75) is 0 Å². The quantitative estimate of drug-likeness (QED) is 0.847. The van der Waals surface area contributed by atoms with Gasteiger partial charge in [-0.1, -0.05) is 6.07 Å². The molecule has 1 aliphatic rings. The molecular weight excluding hydrogens is 292 g/mol. The highest BCUT2D eigenvalue weighted by molar-refractivity contribution is 5.94.